The lowest BCUT2D eigenvalue weighted by atomic mass is 10.1. The van der Waals surface area contributed by atoms with Gasteiger partial charge in [-0.3, -0.25) is 0 Å². The van der Waals surface area contributed by atoms with Gasteiger partial charge in [0.2, 0.25) is 0 Å². The second-order valence-corrected chi connectivity index (χ2v) is 6.72. The van der Waals surface area contributed by atoms with Crippen LogP contribution in [0.3, 0.4) is 0 Å². The number of fused-ring (bicyclic) bond motifs is 1. The first-order valence-corrected chi connectivity index (χ1v) is 9.06. The molecule has 2 fully saturated rings. The summed E-state index contributed by atoms with van der Waals surface area (Å²) in [5, 5.41) is 0. The molecule has 0 bridgehead atoms. The summed E-state index contributed by atoms with van der Waals surface area (Å²) in [6.07, 6.45) is -1.15. The van der Waals surface area contributed by atoms with Crippen molar-refractivity contribution in [3.8, 4) is 0 Å². The van der Waals surface area contributed by atoms with E-state index in [9.17, 15) is 4.79 Å². The van der Waals surface area contributed by atoms with Gasteiger partial charge in [-0.05, 0) is 11.1 Å². The van der Waals surface area contributed by atoms with Crippen molar-refractivity contribution in [3.05, 3.63) is 78.4 Å². The molecule has 0 spiro atoms. The van der Waals surface area contributed by atoms with Crippen LogP contribution >= 0.6 is 0 Å². The molecule has 4 rings (SSSR count). The van der Waals surface area contributed by atoms with E-state index in [-0.39, 0.29) is 18.3 Å². The molecule has 2 aromatic rings. The van der Waals surface area contributed by atoms with Crippen LogP contribution in [0.25, 0.3) is 5.57 Å². The summed E-state index contributed by atoms with van der Waals surface area (Å²) in [4.78, 5) is 12.4. The highest BCUT2D eigenvalue weighted by molar-refractivity contribution is 6.15. The number of esters is 1. The molecule has 2 heterocycles. The second kappa shape index (κ2) is 8.05. The summed E-state index contributed by atoms with van der Waals surface area (Å²) < 4.78 is 23.2. The Hall–Kier alpha value is -2.47. The van der Waals surface area contributed by atoms with E-state index in [0.717, 1.165) is 11.1 Å². The lowest BCUT2D eigenvalue weighted by Gasteiger charge is -2.18. The number of carbonyl (C=O) groups excluding carboxylic acids is 1. The third-order valence-electron chi connectivity index (χ3n) is 4.90. The van der Waals surface area contributed by atoms with Crippen molar-refractivity contribution >= 4 is 11.5 Å². The van der Waals surface area contributed by atoms with E-state index in [4.69, 9.17) is 18.9 Å². The van der Waals surface area contributed by atoms with Crippen molar-refractivity contribution in [2.45, 2.75) is 31.0 Å². The van der Waals surface area contributed by atoms with Crippen LogP contribution in [-0.2, 0) is 30.3 Å². The van der Waals surface area contributed by atoms with Gasteiger partial charge in [-0.2, -0.15) is 0 Å². The molecule has 27 heavy (non-hydrogen) atoms. The summed E-state index contributed by atoms with van der Waals surface area (Å²) in [5.74, 6) is -0.451. The molecule has 5 heteroatoms. The maximum absolute atomic E-state index is 12.4. The molecular formula is C22H22O5. The highest BCUT2D eigenvalue weighted by Crippen LogP contribution is 2.31. The van der Waals surface area contributed by atoms with Crippen LogP contribution in [0.1, 0.15) is 11.1 Å². The Bertz CT molecular complexity index is 789. The fraction of sp³-hybridized carbons (Fsp3) is 0.318. The Kier molecular flexibility index (Phi) is 5.34. The van der Waals surface area contributed by atoms with Crippen LogP contribution in [0, 0.1) is 0 Å². The Morgan fingerprint density at radius 3 is 2.22 bits per heavy atom. The average molecular weight is 366 g/mol. The van der Waals surface area contributed by atoms with Gasteiger partial charge < -0.3 is 18.9 Å². The molecule has 0 N–H and O–H groups in total. The fourth-order valence-electron chi connectivity index (χ4n) is 3.42. The van der Waals surface area contributed by atoms with Crippen LogP contribution in [0.15, 0.2) is 67.2 Å². The Morgan fingerprint density at radius 1 is 0.926 bits per heavy atom. The molecule has 0 radical (unpaired) electrons. The summed E-state index contributed by atoms with van der Waals surface area (Å²) >= 11 is 0. The molecule has 5 nitrogen and oxygen atoms in total. The van der Waals surface area contributed by atoms with Gasteiger partial charge in [0, 0.05) is 0 Å². The molecular weight excluding hydrogens is 344 g/mol. The van der Waals surface area contributed by atoms with Crippen LogP contribution in [0.4, 0.5) is 0 Å². The van der Waals surface area contributed by atoms with Crippen molar-refractivity contribution in [1.82, 2.24) is 0 Å². The van der Waals surface area contributed by atoms with E-state index in [0.29, 0.717) is 25.4 Å². The first-order valence-electron chi connectivity index (χ1n) is 9.06. The largest absolute Gasteiger partial charge is 0.453 e. The first-order chi connectivity index (χ1) is 13.2. The Labute approximate surface area is 158 Å². The predicted octanol–water partition coefficient (Wildman–Crippen LogP) is 2.99. The van der Waals surface area contributed by atoms with E-state index >= 15 is 0 Å². The zero-order chi connectivity index (χ0) is 18.6. The average Bonchev–Trinajstić information content (AvgIpc) is 3.30. The molecule has 0 amide bonds. The molecule has 2 saturated heterocycles. The highest BCUT2D eigenvalue weighted by Gasteiger charge is 2.50. The Balaban J connectivity index is 1.32. The minimum atomic E-state index is -0.451. The second-order valence-electron chi connectivity index (χ2n) is 6.72. The van der Waals surface area contributed by atoms with Crippen molar-refractivity contribution in [2.75, 3.05) is 13.2 Å². The maximum Gasteiger partial charge on any atom is 0.338 e. The van der Waals surface area contributed by atoms with E-state index in [1.54, 1.807) is 0 Å². The fourth-order valence-corrected chi connectivity index (χ4v) is 3.42. The van der Waals surface area contributed by atoms with E-state index in [1.807, 2.05) is 60.7 Å². The lowest BCUT2D eigenvalue weighted by Crippen LogP contribution is -2.35. The smallest absolute Gasteiger partial charge is 0.338 e. The number of hydrogen-bond donors (Lipinski definition) is 0. The summed E-state index contributed by atoms with van der Waals surface area (Å²) in [5.41, 5.74) is 2.17. The molecule has 4 atom stereocenters. The van der Waals surface area contributed by atoms with Gasteiger partial charge in [0.1, 0.15) is 18.3 Å². The van der Waals surface area contributed by atoms with Crippen LogP contribution in [0.5, 0.6) is 0 Å². The normalized spacial score (nSPS) is 26.5. The van der Waals surface area contributed by atoms with Crippen LogP contribution in [-0.4, -0.2) is 43.6 Å². The molecule has 0 unspecified atom stereocenters. The SMILES string of the molecule is C=C(C(=O)O[C@@H]1CO[C@H]2[C@@H]1OC[C@@H]2OCc1ccccc1)c1ccccc1. The topological polar surface area (TPSA) is 54.0 Å². The van der Waals surface area contributed by atoms with Crippen molar-refractivity contribution in [1.29, 1.82) is 0 Å². The van der Waals surface area contributed by atoms with Crippen molar-refractivity contribution < 1.29 is 23.7 Å². The van der Waals surface area contributed by atoms with E-state index in [1.165, 1.54) is 0 Å². The zero-order valence-corrected chi connectivity index (χ0v) is 15.0. The summed E-state index contributed by atoms with van der Waals surface area (Å²) in [6.45, 7) is 5.07. The van der Waals surface area contributed by atoms with Gasteiger partial charge in [-0.1, -0.05) is 67.2 Å². The molecule has 0 saturated carbocycles. The highest BCUT2D eigenvalue weighted by atomic mass is 16.7. The molecule has 0 aromatic heterocycles. The maximum atomic E-state index is 12.4. The lowest BCUT2D eigenvalue weighted by molar-refractivity contribution is -0.146. The van der Waals surface area contributed by atoms with Crippen LogP contribution in [0.2, 0.25) is 0 Å². The number of rotatable bonds is 6. The molecule has 2 aliphatic heterocycles. The Morgan fingerprint density at radius 2 is 1.52 bits per heavy atom. The monoisotopic (exact) mass is 366 g/mol. The predicted molar refractivity (Wildman–Crippen MR) is 99.9 cm³/mol. The first kappa shape index (κ1) is 17.9. The third-order valence-corrected chi connectivity index (χ3v) is 4.90. The van der Waals surface area contributed by atoms with Gasteiger partial charge in [0.15, 0.2) is 6.10 Å². The van der Waals surface area contributed by atoms with Gasteiger partial charge in [-0.25, -0.2) is 4.79 Å². The van der Waals surface area contributed by atoms with Crippen molar-refractivity contribution in [2.24, 2.45) is 0 Å². The standard InChI is InChI=1S/C22H22O5/c1-15(17-10-6-3-7-11-17)22(23)27-19-14-26-20-18(13-25-21(19)20)24-12-16-8-4-2-5-9-16/h2-11,18-21H,1,12-14H2/t18-,19+,20+,21+/m0/s1. The quantitative estimate of drug-likeness (QED) is 0.581. The number of benzene rings is 2. The molecule has 140 valence electrons. The third kappa shape index (κ3) is 3.95. The minimum absolute atomic E-state index is 0.170. The molecule has 2 aliphatic rings. The molecule has 2 aromatic carbocycles. The van der Waals surface area contributed by atoms with Gasteiger partial charge >= 0.3 is 5.97 Å². The van der Waals surface area contributed by atoms with Gasteiger partial charge in [0.05, 0.1) is 25.4 Å². The number of ether oxygens (including phenoxy) is 4. The van der Waals surface area contributed by atoms with E-state index in [2.05, 4.69) is 6.58 Å². The minimum Gasteiger partial charge on any atom is -0.453 e. The zero-order valence-electron chi connectivity index (χ0n) is 15.0. The molecule has 0 aliphatic carbocycles. The van der Waals surface area contributed by atoms with Gasteiger partial charge in [0.25, 0.3) is 0 Å². The van der Waals surface area contributed by atoms with E-state index < -0.39 is 12.1 Å². The number of hydrogen-bond acceptors (Lipinski definition) is 5. The number of carbonyl (C=O) groups is 1. The summed E-state index contributed by atoms with van der Waals surface area (Å²) in [7, 11) is 0. The van der Waals surface area contributed by atoms with Gasteiger partial charge in [-0.15, -0.1) is 0 Å². The summed E-state index contributed by atoms with van der Waals surface area (Å²) in [6, 6.07) is 19.2. The van der Waals surface area contributed by atoms with Crippen molar-refractivity contribution in [3.63, 3.8) is 0 Å². The van der Waals surface area contributed by atoms with Crippen LogP contribution < -0.4 is 0 Å².